The Kier molecular flexibility index (Phi) is 6.55. The maximum atomic E-state index is 13.2. The van der Waals surface area contributed by atoms with E-state index in [1.165, 1.54) is 20.8 Å². The van der Waals surface area contributed by atoms with Crippen LogP contribution in [-0.4, -0.2) is 41.7 Å². The normalized spacial score (nSPS) is 16.3. The fraction of sp³-hybridized carbons (Fsp3) is 0.857. The molecule has 0 saturated carbocycles. The molecule has 1 atom stereocenters. The average Bonchev–Trinajstić information content (AvgIpc) is 2.42. The number of carboxylic acids is 1. The number of carboxylic acid groups (broad SMARTS) is 1. The Morgan fingerprint density at radius 2 is 1.40 bits per heavy atom. The highest BCUT2D eigenvalue weighted by molar-refractivity contribution is 5.79. The van der Waals surface area contributed by atoms with Gasteiger partial charge in [0.25, 0.3) is 0 Å². The van der Waals surface area contributed by atoms with Gasteiger partial charge in [-0.1, -0.05) is 6.92 Å². The van der Waals surface area contributed by atoms with Crippen LogP contribution in [-0.2, 0) is 14.3 Å². The van der Waals surface area contributed by atoms with Crippen molar-refractivity contribution in [1.82, 2.24) is 0 Å². The molecule has 1 N–H and O–H groups in total. The first kappa shape index (κ1) is 23.4. The lowest BCUT2D eigenvalue weighted by molar-refractivity contribution is -0.360. The first-order valence-corrected chi connectivity index (χ1v) is 7.07. The molecule has 0 fully saturated rings. The number of carbonyl (C=O) groups is 2. The zero-order valence-corrected chi connectivity index (χ0v) is 13.9. The maximum absolute atomic E-state index is 13.2. The van der Waals surface area contributed by atoms with Crippen LogP contribution in [0.25, 0.3) is 0 Å². The molecule has 0 aliphatic heterocycles. The third-order valence-electron chi connectivity index (χ3n) is 3.88. The van der Waals surface area contributed by atoms with E-state index >= 15 is 0 Å². The predicted octanol–water partition coefficient (Wildman–Crippen LogP) is 4.28. The van der Waals surface area contributed by atoms with Crippen molar-refractivity contribution in [2.75, 3.05) is 6.61 Å². The Bertz CT molecular complexity index is 514. The largest absolute Gasteiger partial charge is 0.481 e. The van der Waals surface area contributed by atoms with Gasteiger partial charge in [0.05, 0.1) is 10.8 Å². The molecule has 0 rings (SSSR count). The zero-order valence-electron chi connectivity index (χ0n) is 13.9. The second-order valence-electron chi connectivity index (χ2n) is 6.63. The van der Waals surface area contributed by atoms with Crippen LogP contribution in [0.15, 0.2) is 0 Å². The summed E-state index contributed by atoms with van der Waals surface area (Å²) in [6.07, 6.45) is -7.03. The van der Waals surface area contributed by atoms with Crippen molar-refractivity contribution < 1.29 is 50.2 Å². The quantitative estimate of drug-likeness (QED) is 0.501. The van der Waals surface area contributed by atoms with Gasteiger partial charge in [-0.05, 0) is 33.6 Å². The zero-order chi connectivity index (χ0) is 20.5. The van der Waals surface area contributed by atoms with Crippen LogP contribution in [0.5, 0.6) is 0 Å². The molecule has 0 aromatic rings. The lowest BCUT2D eigenvalue weighted by Crippen LogP contribution is -2.54. The van der Waals surface area contributed by atoms with Gasteiger partial charge in [0.15, 0.2) is 6.61 Å². The lowest BCUT2D eigenvalue weighted by atomic mass is 9.72. The van der Waals surface area contributed by atoms with Crippen LogP contribution in [0, 0.1) is 10.8 Å². The molecule has 4 nitrogen and oxygen atoms in total. The van der Waals surface area contributed by atoms with Crippen LogP contribution in [0.3, 0.4) is 0 Å². The highest BCUT2D eigenvalue weighted by Crippen LogP contribution is 2.47. The number of esters is 1. The van der Waals surface area contributed by atoms with E-state index in [2.05, 4.69) is 4.74 Å². The number of halogens is 7. The molecule has 0 saturated heterocycles. The minimum atomic E-state index is -6.53. The molecule has 11 heteroatoms. The molecular weight excluding hydrogens is 365 g/mol. The van der Waals surface area contributed by atoms with Crippen LogP contribution in [0.2, 0.25) is 0 Å². The Balaban J connectivity index is 5.28. The molecule has 0 radical (unpaired) electrons. The molecule has 0 bridgehead atoms. The van der Waals surface area contributed by atoms with E-state index < -0.39 is 53.8 Å². The standard InChI is InChI=1S/C14H19F7O4/c1-5-11(4,6-10(2,3)8(22)23)9(24)25-7-12(15,16)13(17,18)14(19,20)21/h5-7H2,1-4H3,(H,22,23). The van der Waals surface area contributed by atoms with Gasteiger partial charge < -0.3 is 9.84 Å². The van der Waals surface area contributed by atoms with E-state index in [9.17, 15) is 40.3 Å². The summed E-state index contributed by atoms with van der Waals surface area (Å²) in [5.41, 5.74) is -3.15. The summed E-state index contributed by atoms with van der Waals surface area (Å²) in [6, 6.07) is 0. The Morgan fingerprint density at radius 3 is 1.72 bits per heavy atom. The van der Waals surface area contributed by atoms with Gasteiger partial charge in [0.2, 0.25) is 0 Å². The monoisotopic (exact) mass is 384 g/mol. The number of hydrogen-bond acceptors (Lipinski definition) is 3. The molecule has 0 heterocycles. The summed E-state index contributed by atoms with van der Waals surface area (Å²) in [5.74, 6) is -14.8. The summed E-state index contributed by atoms with van der Waals surface area (Å²) in [7, 11) is 0. The smallest absolute Gasteiger partial charge is 0.460 e. The molecule has 25 heavy (non-hydrogen) atoms. The van der Waals surface area contributed by atoms with Crippen LogP contribution < -0.4 is 0 Å². The maximum Gasteiger partial charge on any atom is 0.460 e. The minimum absolute atomic E-state index is 0.107. The van der Waals surface area contributed by atoms with Crippen molar-refractivity contribution >= 4 is 11.9 Å². The number of alkyl halides is 7. The van der Waals surface area contributed by atoms with Crippen LogP contribution in [0.1, 0.15) is 40.5 Å². The first-order valence-electron chi connectivity index (χ1n) is 7.07. The fourth-order valence-electron chi connectivity index (χ4n) is 2.02. The molecule has 0 aromatic heterocycles. The number of aliphatic carboxylic acids is 1. The summed E-state index contributed by atoms with van der Waals surface area (Å²) in [5, 5.41) is 9.04. The van der Waals surface area contributed by atoms with Crippen molar-refractivity contribution in [2.24, 2.45) is 10.8 Å². The third kappa shape index (κ3) is 4.97. The van der Waals surface area contributed by atoms with Gasteiger partial charge in [-0.2, -0.15) is 30.7 Å². The summed E-state index contributed by atoms with van der Waals surface area (Å²) in [4.78, 5) is 23.0. The average molecular weight is 384 g/mol. The second-order valence-corrected chi connectivity index (χ2v) is 6.63. The van der Waals surface area contributed by atoms with E-state index in [0.29, 0.717) is 0 Å². The number of ether oxygens (including phenoxy) is 1. The molecule has 0 aliphatic carbocycles. The van der Waals surface area contributed by atoms with E-state index in [1.807, 2.05) is 0 Å². The van der Waals surface area contributed by atoms with Crippen molar-refractivity contribution in [3.8, 4) is 0 Å². The van der Waals surface area contributed by atoms with Gasteiger partial charge in [0.1, 0.15) is 0 Å². The molecule has 0 amide bonds. The Morgan fingerprint density at radius 1 is 0.960 bits per heavy atom. The lowest BCUT2D eigenvalue weighted by Gasteiger charge is -2.33. The SMILES string of the molecule is CCC(C)(CC(C)(C)C(=O)O)C(=O)OCC(F)(F)C(F)(F)C(F)(F)F. The first-order chi connectivity index (χ1) is 10.8. The molecule has 0 aromatic carbocycles. The summed E-state index contributed by atoms with van der Waals surface area (Å²) in [6.45, 7) is 2.54. The van der Waals surface area contributed by atoms with Crippen molar-refractivity contribution in [2.45, 2.75) is 58.6 Å². The Labute approximate surface area is 139 Å². The minimum Gasteiger partial charge on any atom is -0.481 e. The van der Waals surface area contributed by atoms with Crippen molar-refractivity contribution in [1.29, 1.82) is 0 Å². The second kappa shape index (κ2) is 6.99. The summed E-state index contributed by atoms with van der Waals surface area (Å²) >= 11 is 0. The molecule has 0 aliphatic rings. The Hall–Kier alpha value is -1.55. The molecular formula is C14H19F7O4. The third-order valence-corrected chi connectivity index (χ3v) is 3.88. The van der Waals surface area contributed by atoms with Gasteiger partial charge >= 0.3 is 30.0 Å². The van der Waals surface area contributed by atoms with Crippen LogP contribution >= 0.6 is 0 Å². The predicted molar refractivity (Wildman–Crippen MR) is 71.3 cm³/mol. The fourth-order valence-corrected chi connectivity index (χ4v) is 2.02. The van der Waals surface area contributed by atoms with Gasteiger partial charge in [-0.3, -0.25) is 9.59 Å². The van der Waals surface area contributed by atoms with Crippen molar-refractivity contribution in [3.05, 3.63) is 0 Å². The van der Waals surface area contributed by atoms with E-state index in [4.69, 9.17) is 5.11 Å². The molecule has 0 spiro atoms. The van der Waals surface area contributed by atoms with Gasteiger partial charge in [0, 0.05) is 0 Å². The molecule has 1 unspecified atom stereocenters. The molecule has 148 valence electrons. The number of hydrogen-bond donors (Lipinski definition) is 1. The highest BCUT2D eigenvalue weighted by Gasteiger charge is 2.73. The van der Waals surface area contributed by atoms with E-state index in [0.717, 1.165) is 6.92 Å². The number of carbonyl (C=O) groups excluding carboxylic acids is 1. The summed E-state index contributed by atoms with van der Waals surface area (Å²) < 4.78 is 92.0. The van der Waals surface area contributed by atoms with Crippen molar-refractivity contribution in [3.63, 3.8) is 0 Å². The van der Waals surface area contributed by atoms with Gasteiger partial charge in [-0.15, -0.1) is 0 Å². The van der Waals surface area contributed by atoms with E-state index in [-0.39, 0.29) is 6.42 Å². The highest BCUT2D eigenvalue weighted by atomic mass is 19.4. The van der Waals surface area contributed by atoms with Gasteiger partial charge in [-0.25, -0.2) is 0 Å². The van der Waals surface area contributed by atoms with E-state index in [1.54, 1.807) is 0 Å². The van der Waals surface area contributed by atoms with Crippen LogP contribution in [0.4, 0.5) is 30.7 Å². The topological polar surface area (TPSA) is 63.6 Å². The number of rotatable bonds is 8.